The van der Waals surface area contributed by atoms with E-state index in [1.54, 1.807) is 34.5 Å². The van der Waals surface area contributed by atoms with E-state index >= 15 is 0 Å². The summed E-state index contributed by atoms with van der Waals surface area (Å²) < 4.78 is 33.8. The minimum absolute atomic E-state index is 0.0738. The van der Waals surface area contributed by atoms with E-state index in [4.69, 9.17) is 28.4 Å². The van der Waals surface area contributed by atoms with Crippen molar-refractivity contribution in [3.63, 3.8) is 0 Å². The Morgan fingerprint density at radius 2 is 1.50 bits per heavy atom. The number of ether oxygens (including phenoxy) is 6. The molecule has 0 amide bonds. The van der Waals surface area contributed by atoms with E-state index in [0.29, 0.717) is 29.6 Å². The van der Waals surface area contributed by atoms with E-state index in [-0.39, 0.29) is 24.5 Å². The van der Waals surface area contributed by atoms with Crippen molar-refractivity contribution in [2.45, 2.75) is 12.5 Å². The highest BCUT2D eigenvalue weighted by molar-refractivity contribution is 5.87. The maximum absolute atomic E-state index is 12.6. The summed E-state index contributed by atoms with van der Waals surface area (Å²) in [5, 5.41) is 0. The fourth-order valence-electron chi connectivity index (χ4n) is 4.79. The van der Waals surface area contributed by atoms with Crippen LogP contribution in [0.3, 0.4) is 0 Å². The van der Waals surface area contributed by atoms with E-state index in [9.17, 15) is 4.79 Å². The SMILES string of the molecule is COc1ccc(C[C@H]2CO[C@H](c3ccc(OC)c(OC)c3)[C@H]2COC(=O)/C=C/c2ccccc2)cc1OC. The third-order valence-electron chi connectivity index (χ3n) is 6.80. The molecule has 200 valence electrons. The van der Waals surface area contributed by atoms with E-state index in [0.717, 1.165) is 23.1 Å². The lowest BCUT2D eigenvalue weighted by atomic mass is 9.84. The molecule has 1 aliphatic heterocycles. The normalized spacial score (nSPS) is 18.8. The molecule has 7 nitrogen and oxygen atoms in total. The summed E-state index contributed by atoms with van der Waals surface area (Å²) in [6.45, 7) is 0.740. The average Bonchev–Trinajstić information content (AvgIpc) is 3.36. The predicted octanol–water partition coefficient (Wildman–Crippen LogP) is 5.52. The quantitative estimate of drug-likeness (QED) is 0.244. The summed E-state index contributed by atoms with van der Waals surface area (Å²) in [4.78, 5) is 12.6. The highest BCUT2D eigenvalue weighted by Crippen LogP contribution is 2.43. The van der Waals surface area contributed by atoms with Crippen molar-refractivity contribution in [3.8, 4) is 23.0 Å². The smallest absolute Gasteiger partial charge is 0.330 e. The van der Waals surface area contributed by atoms with Crippen molar-refractivity contribution in [1.82, 2.24) is 0 Å². The van der Waals surface area contributed by atoms with E-state index in [2.05, 4.69) is 0 Å². The first kappa shape index (κ1) is 27.1. The molecule has 0 aliphatic carbocycles. The topological polar surface area (TPSA) is 72.5 Å². The Morgan fingerprint density at radius 1 is 0.842 bits per heavy atom. The Balaban J connectivity index is 1.54. The van der Waals surface area contributed by atoms with E-state index in [1.807, 2.05) is 66.7 Å². The lowest BCUT2D eigenvalue weighted by Crippen LogP contribution is -2.24. The first-order valence-electron chi connectivity index (χ1n) is 12.5. The summed E-state index contributed by atoms with van der Waals surface area (Å²) in [5.74, 6) is 2.26. The molecule has 1 saturated heterocycles. The highest BCUT2D eigenvalue weighted by Gasteiger charge is 2.39. The maximum atomic E-state index is 12.6. The molecule has 0 spiro atoms. The molecule has 0 unspecified atom stereocenters. The molecule has 0 saturated carbocycles. The fourth-order valence-corrected chi connectivity index (χ4v) is 4.79. The number of benzene rings is 3. The van der Waals surface area contributed by atoms with Crippen molar-refractivity contribution >= 4 is 12.0 Å². The van der Waals surface area contributed by atoms with Gasteiger partial charge in [0.2, 0.25) is 0 Å². The number of hydrogen-bond acceptors (Lipinski definition) is 7. The van der Waals surface area contributed by atoms with Crippen LogP contribution < -0.4 is 18.9 Å². The molecule has 1 fully saturated rings. The van der Waals surface area contributed by atoms with Crippen LogP contribution in [-0.4, -0.2) is 47.6 Å². The molecule has 4 rings (SSSR count). The van der Waals surface area contributed by atoms with E-state index in [1.165, 1.54) is 6.08 Å². The van der Waals surface area contributed by atoms with Crippen LogP contribution in [0.5, 0.6) is 23.0 Å². The third kappa shape index (κ3) is 6.47. The maximum Gasteiger partial charge on any atom is 0.330 e. The van der Waals surface area contributed by atoms with Gasteiger partial charge in [-0.25, -0.2) is 4.79 Å². The summed E-state index contributed by atoms with van der Waals surface area (Å²) in [5.41, 5.74) is 2.96. The van der Waals surface area contributed by atoms with Crippen LogP contribution in [0, 0.1) is 11.8 Å². The lowest BCUT2D eigenvalue weighted by molar-refractivity contribution is -0.139. The number of carbonyl (C=O) groups is 1. The molecule has 0 radical (unpaired) electrons. The van der Waals surface area contributed by atoms with Gasteiger partial charge in [-0.15, -0.1) is 0 Å². The van der Waals surface area contributed by atoms with Crippen molar-refractivity contribution in [2.75, 3.05) is 41.7 Å². The average molecular weight is 519 g/mol. The number of carbonyl (C=O) groups excluding carboxylic acids is 1. The van der Waals surface area contributed by atoms with Gasteiger partial charge >= 0.3 is 5.97 Å². The number of methoxy groups -OCH3 is 4. The van der Waals surface area contributed by atoms with Gasteiger partial charge < -0.3 is 28.4 Å². The molecule has 0 bridgehead atoms. The van der Waals surface area contributed by atoms with Crippen molar-refractivity contribution in [1.29, 1.82) is 0 Å². The van der Waals surface area contributed by atoms with Crippen molar-refractivity contribution in [3.05, 3.63) is 89.5 Å². The van der Waals surface area contributed by atoms with Crippen LogP contribution >= 0.6 is 0 Å². The van der Waals surface area contributed by atoms with Gasteiger partial charge in [0.05, 0.1) is 47.8 Å². The first-order chi connectivity index (χ1) is 18.6. The minimum Gasteiger partial charge on any atom is -0.493 e. The molecule has 1 aliphatic rings. The lowest BCUT2D eigenvalue weighted by Gasteiger charge is -2.24. The predicted molar refractivity (Wildman–Crippen MR) is 145 cm³/mol. The summed E-state index contributed by atoms with van der Waals surface area (Å²) >= 11 is 0. The van der Waals surface area contributed by atoms with Crippen LogP contribution in [0.2, 0.25) is 0 Å². The van der Waals surface area contributed by atoms with Gasteiger partial charge in [0.25, 0.3) is 0 Å². The molecule has 38 heavy (non-hydrogen) atoms. The van der Waals surface area contributed by atoms with Crippen LogP contribution in [0.15, 0.2) is 72.8 Å². The summed E-state index contributed by atoms with van der Waals surface area (Å²) in [6, 6.07) is 21.3. The Bertz CT molecular complexity index is 1240. The fraction of sp³-hybridized carbons (Fsp3) is 0.323. The monoisotopic (exact) mass is 518 g/mol. The molecule has 1 heterocycles. The molecule has 3 aromatic rings. The Hall–Kier alpha value is -3.97. The standard InChI is InChI=1S/C31H34O7/c1-33-26-13-10-22(17-28(26)35-3)16-24-19-38-31(23-12-14-27(34-2)29(18-23)36-4)25(24)20-37-30(32)15-11-21-8-6-5-7-9-21/h5-15,17-18,24-25,31H,16,19-20H2,1-4H3/b15-11+/t24-,25-,31+/m0/s1. The zero-order valence-electron chi connectivity index (χ0n) is 22.2. The zero-order valence-corrected chi connectivity index (χ0v) is 22.2. The van der Waals surface area contributed by atoms with Crippen molar-refractivity contribution in [2.24, 2.45) is 11.8 Å². The van der Waals surface area contributed by atoms with Gasteiger partial charge in [0.1, 0.15) is 0 Å². The van der Waals surface area contributed by atoms with Gasteiger partial charge in [-0.05, 0) is 59.4 Å². The third-order valence-corrected chi connectivity index (χ3v) is 6.80. The van der Waals surface area contributed by atoms with Gasteiger partial charge in [-0.2, -0.15) is 0 Å². The molecular formula is C31H34O7. The summed E-state index contributed by atoms with van der Waals surface area (Å²) in [7, 11) is 6.45. The van der Waals surface area contributed by atoms with Gasteiger partial charge in [-0.3, -0.25) is 0 Å². The largest absolute Gasteiger partial charge is 0.493 e. The number of hydrogen-bond donors (Lipinski definition) is 0. The second-order valence-corrected chi connectivity index (χ2v) is 9.06. The second kappa shape index (κ2) is 13.0. The Morgan fingerprint density at radius 3 is 2.18 bits per heavy atom. The zero-order chi connectivity index (χ0) is 26.9. The molecule has 0 aromatic heterocycles. The van der Waals surface area contributed by atoms with Crippen molar-refractivity contribution < 1.29 is 33.2 Å². The van der Waals surface area contributed by atoms with Gasteiger partial charge in [0, 0.05) is 12.0 Å². The van der Waals surface area contributed by atoms with Crippen LogP contribution in [0.1, 0.15) is 22.8 Å². The molecule has 3 aromatic carbocycles. The summed E-state index contributed by atoms with van der Waals surface area (Å²) in [6.07, 6.45) is 3.66. The molecular weight excluding hydrogens is 484 g/mol. The minimum atomic E-state index is -0.392. The van der Waals surface area contributed by atoms with Crippen LogP contribution in [-0.2, 0) is 20.7 Å². The van der Waals surface area contributed by atoms with Gasteiger partial charge in [0.15, 0.2) is 23.0 Å². The first-order valence-corrected chi connectivity index (χ1v) is 12.5. The Labute approximate surface area is 223 Å². The van der Waals surface area contributed by atoms with Gasteiger partial charge in [-0.1, -0.05) is 42.5 Å². The number of rotatable bonds is 11. The second-order valence-electron chi connectivity index (χ2n) is 9.06. The van der Waals surface area contributed by atoms with Crippen LogP contribution in [0.25, 0.3) is 6.08 Å². The van der Waals surface area contributed by atoms with Crippen LogP contribution in [0.4, 0.5) is 0 Å². The number of esters is 1. The van der Waals surface area contributed by atoms with E-state index < -0.39 is 5.97 Å². The molecule has 7 heteroatoms. The molecule has 3 atom stereocenters. The highest BCUT2D eigenvalue weighted by atomic mass is 16.5. The Kier molecular flexibility index (Phi) is 9.27. The molecule has 0 N–H and O–H groups in total.